The van der Waals surface area contributed by atoms with Gasteiger partial charge in [0.25, 0.3) is 5.56 Å². The van der Waals surface area contributed by atoms with E-state index in [1.807, 2.05) is 34.9 Å². The highest BCUT2D eigenvalue weighted by Gasteiger charge is 2.17. The molecule has 3 aromatic heterocycles. The predicted octanol–water partition coefficient (Wildman–Crippen LogP) is 3.00. The highest BCUT2D eigenvalue weighted by Crippen LogP contribution is 2.28. The standard InChI is InChI=1S/C24H22FN7O2S/c1-29-15-26-21-19(29)22(33)31(24(34)30(21)2)13-6-14-35-23-28-27-20(16-7-4-3-5-8-16)32(23)18-11-9-17(25)10-12-18/h3-5,7-12,15H,6,13-14H2,1-2H3. The number of aromatic nitrogens is 7. The van der Waals surface area contributed by atoms with E-state index in [1.165, 1.54) is 39.4 Å². The summed E-state index contributed by atoms with van der Waals surface area (Å²) in [6.07, 6.45) is 2.08. The van der Waals surface area contributed by atoms with Gasteiger partial charge in [0.15, 0.2) is 22.1 Å². The Morgan fingerprint density at radius 1 is 0.971 bits per heavy atom. The van der Waals surface area contributed by atoms with Crippen LogP contribution in [0.1, 0.15) is 6.42 Å². The van der Waals surface area contributed by atoms with Crippen LogP contribution in [0.25, 0.3) is 28.2 Å². The van der Waals surface area contributed by atoms with Gasteiger partial charge in [-0.2, -0.15) is 0 Å². The van der Waals surface area contributed by atoms with Gasteiger partial charge in [0, 0.05) is 37.6 Å². The fourth-order valence-corrected chi connectivity index (χ4v) is 4.82. The Kier molecular flexibility index (Phi) is 6.08. The van der Waals surface area contributed by atoms with E-state index in [0.29, 0.717) is 34.3 Å². The van der Waals surface area contributed by atoms with E-state index < -0.39 is 5.69 Å². The number of hydrogen-bond donors (Lipinski definition) is 0. The smallest absolute Gasteiger partial charge is 0.328 e. The van der Waals surface area contributed by atoms with E-state index in [-0.39, 0.29) is 17.9 Å². The topological polar surface area (TPSA) is 92.5 Å². The summed E-state index contributed by atoms with van der Waals surface area (Å²) in [6.45, 7) is 0.260. The summed E-state index contributed by atoms with van der Waals surface area (Å²) in [5.74, 6) is 0.911. The van der Waals surface area contributed by atoms with Crippen LogP contribution in [-0.2, 0) is 20.6 Å². The maximum atomic E-state index is 13.6. The molecule has 0 N–H and O–H groups in total. The first kappa shape index (κ1) is 22.8. The minimum Gasteiger partial charge on any atom is -0.328 e. The molecule has 0 saturated heterocycles. The number of hydrogen-bond acceptors (Lipinski definition) is 6. The Labute approximate surface area is 203 Å². The second-order valence-electron chi connectivity index (χ2n) is 8.01. The van der Waals surface area contributed by atoms with E-state index in [2.05, 4.69) is 15.2 Å². The molecule has 5 rings (SSSR count). The zero-order chi connectivity index (χ0) is 24.5. The molecule has 0 aliphatic rings. The predicted molar refractivity (Wildman–Crippen MR) is 132 cm³/mol. The van der Waals surface area contributed by atoms with E-state index in [9.17, 15) is 14.0 Å². The molecule has 0 atom stereocenters. The average Bonchev–Trinajstić information content (AvgIpc) is 3.47. The lowest BCUT2D eigenvalue weighted by molar-refractivity contribution is 0.594. The summed E-state index contributed by atoms with van der Waals surface area (Å²) in [4.78, 5) is 29.8. The van der Waals surface area contributed by atoms with Gasteiger partial charge in [-0.1, -0.05) is 42.1 Å². The molecule has 5 aromatic rings. The molecule has 0 spiro atoms. The van der Waals surface area contributed by atoms with Gasteiger partial charge in [-0.25, -0.2) is 14.2 Å². The van der Waals surface area contributed by atoms with Crippen molar-refractivity contribution in [2.75, 3.05) is 5.75 Å². The Hall–Kier alpha value is -3.99. The van der Waals surface area contributed by atoms with Crippen molar-refractivity contribution in [1.29, 1.82) is 0 Å². The molecule has 178 valence electrons. The van der Waals surface area contributed by atoms with Crippen molar-refractivity contribution in [2.24, 2.45) is 14.1 Å². The summed E-state index contributed by atoms with van der Waals surface area (Å²) in [6, 6.07) is 15.8. The van der Waals surface area contributed by atoms with Crippen LogP contribution in [0.2, 0.25) is 0 Å². The molecule has 0 radical (unpaired) electrons. The fourth-order valence-electron chi connectivity index (χ4n) is 3.94. The summed E-state index contributed by atoms with van der Waals surface area (Å²) >= 11 is 1.46. The lowest BCUT2D eigenvalue weighted by Crippen LogP contribution is -2.39. The van der Waals surface area contributed by atoms with Crippen molar-refractivity contribution in [1.82, 2.24) is 33.4 Å². The number of aryl methyl sites for hydroxylation is 2. The van der Waals surface area contributed by atoms with Gasteiger partial charge in [0.2, 0.25) is 0 Å². The first-order chi connectivity index (χ1) is 17.0. The van der Waals surface area contributed by atoms with Crippen LogP contribution in [-0.4, -0.2) is 39.2 Å². The highest BCUT2D eigenvalue weighted by molar-refractivity contribution is 7.99. The minimum atomic E-state index is -0.396. The average molecular weight is 492 g/mol. The van der Waals surface area contributed by atoms with Crippen LogP contribution in [0.4, 0.5) is 4.39 Å². The molecular weight excluding hydrogens is 469 g/mol. The first-order valence-electron chi connectivity index (χ1n) is 11.0. The maximum Gasteiger partial charge on any atom is 0.332 e. The molecule has 9 nitrogen and oxygen atoms in total. The third-order valence-electron chi connectivity index (χ3n) is 5.71. The number of rotatable bonds is 7. The van der Waals surface area contributed by atoms with Crippen LogP contribution in [0.3, 0.4) is 0 Å². The molecule has 11 heteroatoms. The van der Waals surface area contributed by atoms with Gasteiger partial charge in [-0.3, -0.25) is 18.5 Å². The van der Waals surface area contributed by atoms with Crippen LogP contribution < -0.4 is 11.2 Å². The first-order valence-corrected chi connectivity index (χ1v) is 11.9. The Morgan fingerprint density at radius 3 is 2.46 bits per heavy atom. The largest absolute Gasteiger partial charge is 0.332 e. The van der Waals surface area contributed by atoms with Gasteiger partial charge in [-0.15, -0.1) is 10.2 Å². The third-order valence-corrected chi connectivity index (χ3v) is 6.72. The highest BCUT2D eigenvalue weighted by atomic mass is 32.2. The number of imidazole rings is 1. The number of nitrogens with zero attached hydrogens (tertiary/aromatic N) is 7. The van der Waals surface area contributed by atoms with E-state index in [1.54, 1.807) is 30.8 Å². The second kappa shape index (κ2) is 9.34. The monoisotopic (exact) mass is 491 g/mol. The van der Waals surface area contributed by atoms with Crippen LogP contribution >= 0.6 is 11.8 Å². The Bertz CT molecular complexity index is 1620. The summed E-state index contributed by atoms with van der Waals surface area (Å²) in [5, 5.41) is 9.38. The number of halogens is 1. The van der Waals surface area contributed by atoms with Crippen LogP contribution in [0, 0.1) is 5.82 Å². The van der Waals surface area contributed by atoms with Gasteiger partial charge >= 0.3 is 5.69 Å². The van der Waals surface area contributed by atoms with E-state index >= 15 is 0 Å². The summed E-state index contributed by atoms with van der Waals surface area (Å²) in [5.41, 5.74) is 1.64. The van der Waals surface area contributed by atoms with E-state index in [0.717, 1.165) is 11.3 Å². The van der Waals surface area contributed by atoms with Crippen molar-refractivity contribution in [3.8, 4) is 17.1 Å². The van der Waals surface area contributed by atoms with Crippen molar-refractivity contribution in [3.05, 3.63) is 87.6 Å². The lowest BCUT2D eigenvalue weighted by Gasteiger charge is -2.11. The molecule has 0 aliphatic carbocycles. The maximum absolute atomic E-state index is 13.6. The van der Waals surface area contributed by atoms with Crippen molar-refractivity contribution in [2.45, 2.75) is 18.1 Å². The second-order valence-corrected chi connectivity index (χ2v) is 9.07. The molecule has 35 heavy (non-hydrogen) atoms. The van der Waals surface area contributed by atoms with Gasteiger partial charge in [0.1, 0.15) is 5.82 Å². The summed E-state index contributed by atoms with van der Waals surface area (Å²) < 4.78 is 19.7. The molecule has 3 heterocycles. The molecule has 0 fully saturated rings. The molecular formula is C24H22FN7O2S. The molecule has 0 saturated carbocycles. The van der Waals surface area contributed by atoms with Gasteiger partial charge in [-0.05, 0) is 30.7 Å². The zero-order valence-electron chi connectivity index (χ0n) is 19.1. The zero-order valence-corrected chi connectivity index (χ0v) is 19.9. The lowest BCUT2D eigenvalue weighted by atomic mass is 10.2. The molecule has 0 bridgehead atoms. The van der Waals surface area contributed by atoms with Crippen molar-refractivity contribution < 1.29 is 4.39 Å². The van der Waals surface area contributed by atoms with Gasteiger partial charge < -0.3 is 4.57 Å². The molecule has 0 unspecified atom stereocenters. The fraction of sp³-hybridized carbons (Fsp3) is 0.208. The third kappa shape index (κ3) is 4.18. The minimum absolute atomic E-state index is 0.260. The van der Waals surface area contributed by atoms with Gasteiger partial charge in [0.05, 0.1) is 6.33 Å². The number of benzene rings is 2. The molecule has 0 aliphatic heterocycles. The van der Waals surface area contributed by atoms with Crippen molar-refractivity contribution >= 4 is 22.9 Å². The SMILES string of the molecule is Cn1cnc2c1c(=O)n(CCCSc1nnc(-c3ccccc3)n1-c1ccc(F)cc1)c(=O)n2C. The van der Waals surface area contributed by atoms with E-state index in [4.69, 9.17) is 0 Å². The Balaban J connectivity index is 1.40. The van der Waals surface area contributed by atoms with Crippen LogP contribution in [0.5, 0.6) is 0 Å². The van der Waals surface area contributed by atoms with Crippen LogP contribution in [0.15, 0.2) is 75.7 Å². The molecule has 0 amide bonds. The summed E-state index contributed by atoms with van der Waals surface area (Å²) in [7, 11) is 3.34. The Morgan fingerprint density at radius 2 is 1.71 bits per heavy atom. The number of thioether (sulfide) groups is 1. The van der Waals surface area contributed by atoms with Crippen molar-refractivity contribution in [3.63, 3.8) is 0 Å². The normalized spacial score (nSPS) is 11.4. The quantitative estimate of drug-likeness (QED) is 0.257. The number of fused-ring (bicyclic) bond motifs is 1. The molecule has 2 aromatic carbocycles.